The molecule has 0 spiro atoms. The van der Waals surface area contributed by atoms with E-state index in [1.165, 1.54) is 0 Å². The number of anilines is 1. The van der Waals surface area contributed by atoms with Gasteiger partial charge in [0.05, 0.1) is 13.0 Å². The minimum absolute atomic E-state index is 0.0185. The van der Waals surface area contributed by atoms with E-state index in [1.807, 2.05) is 24.3 Å². The maximum absolute atomic E-state index is 12.5. The fourth-order valence-electron chi connectivity index (χ4n) is 3.67. The van der Waals surface area contributed by atoms with E-state index in [1.54, 1.807) is 23.4 Å². The fraction of sp³-hybridized carbons (Fsp3) is 0.381. The maximum Gasteiger partial charge on any atom is 0.227 e. The van der Waals surface area contributed by atoms with Crippen molar-refractivity contribution in [2.24, 2.45) is 0 Å². The van der Waals surface area contributed by atoms with Crippen LogP contribution in [0.15, 0.2) is 42.7 Å². The van der Waals surface area contributed by atoms with Crippen LogP contribution in [0.2, 0.25) is 0 Å². The maximum atomic E-state index is 12.5. The van der Waals surface area contributed by atoms with Gasteiger partial charge in [0.2, 0.25) is 11.8 Å². The molecule has 0 unspecified atom stereocenters. The van der Waals surface area contributed by atoms with Crippen LogP contribution in [-0.4, -0.2) is 52.1 Å². The van der Waals surface area contributed by atoms with Crippen molar-refractivity contribution in [2.75, 3.05) is 18.4 Å². The molecule has 1 saturated heterocycles. The van der Waals surface area contributed by atoms with E-state index in [2.05, 4.69) is 10.3 Å². The Morgan fingerprint density at radius 2 is 2.21 bits per heavy atom. The third kappa shape index (κ3) is 4.14. The minimum atomic E-state index is -0.748. The number of hydrogen-bond acceptors (Lipinski definition) is 5. The van der Waals surface area contributed by atoms with E-state index >= 15 is 0 Å². The van der Waals surface area contributed by atoms with Crippen molar-refractivity contribution in [3.63, 3.8) is 0 Å². The molecule has 7 nitrogen and oxygen atoms in total. The van der Waals surface area contributed by atoms with Crippen molar-refractivity contribution in [3.05, 3.63) is 53.9 Å². The van der Waals surface area contributed by atoms with Crippen LogP contribution in [0.5, 0.6) is 5.75 Å². The lowest BCUT2D eigenvalue weighted by atomic mass is 10.0. The number of amides is 2. The zero-order valence-electron chi connectivity index (χ0n) is 15.5. The number of nitrogens with zero attached hydrogens (tertiary/aromatic N) is 2. The predicted molar refractivity (Wildman–Crippen MR) is 103 cm³/mol. The largest absolute Gasteiger partial charge is 0.488 e. The van der Waals surface area contributed by atoms with Crippen LogP contribution in [0.1, 0.15) is 24.0 Å². The molecule has 2 aliphatic heterocycles. The molecule has 0 bridgehead atoms. The predicted octanol–water partition coefficient (Wildman–Crippen LogP) is 1.55. The summed E-state index contributed by atoms with van der Waals surface area (Å²) in [6.45, 7) is 0.798. The van der Waals surface area contributed by atoms with E-state index in [0.29, 0.717) is 31.6 Å². The Hall–Kier alpha value is -2.93. The number of ether oxygens (including phenoxy) is 1. The number of carbonyl (C=O) groups is 2. The van der Waals surface area contributed by atoms with Crippen LogP contribution in [0.25, 0.3) is 0 Å². The lowest BCUT2D eigenvalue weighted by Gasteiger charge is -2.36. The highest BCUT2D eigenvalue weighted by Gasteiger charge is 2.31. The second-order valence-electron chi connectivity index (χ2n) is 7.26. The van der Waals surface area contributed by atoms with Crippen molar-refractivity contribution >= 4 is 17.5 Å². The second kappa shape index (κ2) is 7.98. The Morgan fingerprint density at radius 1 is 1.32 bits per heavy atom. The normalized spacial score (nSPS) is 21.6. The summed E-state index contributed by atoms with van der Waals surface area (Å²) in [5, 5.41) is 13.3. The number of hydrogen-bond donors (Lipinski definition) is 2. The topological polar surface area (TPSA) is 91.8 Å². The number of fused-ring (bicyclic) bond motifs is 1. The number of likely N-dealkylation sites (tertiary alicyclic amines) is 1. The first kappa shape index (κ1) is 18.4. The molecule has 7 heteroatoms. The molecule has 2 atom stereocenters. The molecule has 0 aliphatic carbocycles. The molecule has 2 amide bonds. The fourth-order valence-corrected chi connectivity index (χ4v) is 3.67. The standard InChI is InChI=1S/C21H23N3O4/c25-18-13-24(21(27)10-14-2-1-8-22-12-14)9-7-19(18)28-16-4-5-17-15(11-16)3-6-20(26)23-17/h1-2,4-5,8,11-12,18-19,25H,3,6-7,9-10,13H2,(H,23,26)/t18-,19-/m1/s1. The molecule has 1 aromatic heterocycles. The molecule has 2 aliphatic rings. The van der Waals surface area contributed by atoms with E-state index in [0.717, 1.165) is 16.8 Å². The molecule has 2 N–H and O–H groups in total. The molecule has 0 radical (unpaired) electrons. The first-order valence-electron chi connectivity index (χ1n) is 9.52. The minimum Gasteiger partial charge on any atom is -0.488 e. The molecule has 1 fully saturated rings. The molecule has 2 aromatic rings. The van der Waals surface area contributed by atoms with Crippen molar-refractivity contribution < 1.29 is 19.4 Å². The molecule has 0 saturated carbocycles. The van der Waals surface area contributed by atoms with Crippen LogP contribution >= 0.6 is 0 Å². The van der Waals surface area contributed by atoms with Crippen LogP contribution < -0.4 is 10.1 Å². The average molecular weight is 381 g/mol. The zero-order valence-corrected chi connectivity index (χ0v) is 15.5. The first-order chi connectivity index (χ1) is 13.6. The summed E-state index contributed by atoms with van der Waals surface area (Å²) in [5.41, 5.74) is 2.72. The number of pyridine rings is 1. The van der Waals surface area contributed by atoms with E-state index in [9.17, 15) is 14.7 Å². The van der Waals surface area contributed by atoms with Crippen LogP contribution in [-0.2, 0) is 22.4 Å². The van der Waals surface area contributed by atoms with Gasteiger partial charge in [0.25, 0.3) is 0 Å². The third-order valence-corrected chi connectivity index (χ3v) is 5.21. The van der Waals surface area contributed by atoms with Gasteiger partial charge in [-0.05, 0) is 41.8 Å². The summed E-state index contributed by atoms with van der Waals surface area (Å²) in [7, 11) is 0. The van der Waals surface area contributed by atoms with Crippen molar-refractivity contribution in [1.29, 1.82) is 0 Å². The lowest BCUT2D eigenvalue weighted by molar-refractivity contribution is -0.136. The SMILES string of the molecule is O=C1CCc2cc(O[C@@H]3CCN(C(=O)Cc4cccnc4)C[C@H]3O)ccc2N1. The molecule has 4 rings (SSSR count). The van der Waals surface area contributed by atoms with Crippen molar-refractivity contribution in [3.8, 4) is 5.75 Å². The molecular weight excluding hydrogens is 358 g/mol. The number of rotatable bonds is 4. The molecule has 146 valence electrons. The summed E-state index contributed by atoms with van der Waals surface area (Å²) in [6, 6.07) is 9.23. The van der Waals surface area contributed by atoms with Gasteiger partial charge in [0.1, 0.15) is 18.0 Å². The summed E-state index contributed by atoms with van der Waals surface area (Å²) >= 11 is 0. The molecule has 1 aromatic carbocycles. The Kier molecular flexibility index (Phi) is 5.25. The van der Waals surface area contributed by atoms with Gasteiger partial charge in [-0.2, -0.15) is 0 Å². The quantitative estimate of drug-likeness (QED) is 0.838. The van der Waals surface area contributed by atoms with E-state index < -0.39 is 6.10 Å². The highest BCUT2D eigenvalue weighted by Crippen LogP contribution is 2.28. The third-order valence-electron chi connectivity index (χ3n) is 5.21. The number of aliphatic hydroxyl groups is 1. The molecule has 3 heterocycles. The number of aliphatic hydroxyl groups excluding tert-OH is 1. The molecular formula is C21H23N3O4. The van der Waals surface area contributed by atoms with Gasteiger partial charge in [-0.3, -0.25) is 14.6 Å². The van der Waals surface area contributed by atoms with Gasteiger partial charge in [-0.25, -0.2) is 0 Å². The summed E-state index contributed by atoms with van der Waals surface area (Å²) in [5.74, 6) is 0.684. The van der Waals surface area contributed by atoms with Crippen LogP contribution in [0, 0.1) is 0 Å². The Balaban J connectivity index is 1.34. The van der Waals surface area contributed by atoms with E-state index in [4.69, 9.17) is 4.74 Å². The van der Waals surface area contributed by atoms with E-state index in [-0.39, 0.29) is 30.9 Å². The number of carbonyl (C=O) groups excluding carboxylic acids is 2. The number of benzene rings is 1. The van der Waals surface area contributed by atoms with Crippen LogP contribution in [0.4, 0.5) is 5.69 Å². The zero-order chi connectivity index (χ0) is 19.5. The first-order valence-corrected chi connectivity index (χ1v) is 9.52. The number of aryl methyl sites for hydroxylation is 1. The van der Waals surface area contributed by atoms with Gasteiger partial charge in [-0.15, -0.1) is 0 Å². The summed E-state index contributed by atoms with van der Waals surface area (Å²) in [4.78, 5) is 29.6. The number of aromatic nitrogens is 1. The summed E-state index contributed by atoms with van der Waals surface area (Å²) < 4.78 is 6.00. The van der Waals surface area contributed by atoms with Crippen molar-refractivity contribution in [1.82, 2.24) is 9.88 Å². The Labute approximate surface area is 163 Å². The number of nitrogens with one attached hydrogen (secondary N) is 1. The van der Waals surface area contributed by atoms with Gasteiger partial charge in [0, 0.05) is 37.5 Å². The monoisotopic (exact) mass is 381 g/mol. The van der Waals surface area contributed by atoms with Crippen LogP contribution in [0.3, 0.4) is 0 Å². The van der Waals surface area contributed by atoms with Gasteiger partial charge in [0.15, 0.2) is 0 Å². The smallest absolute Gasteiger partial charge is 0.227 e. The Bertz CT molecular complexity index is 871. The van der Waals surface area contributed by atoms with Gasteiger partial charge < -0.3 is 20.1 Å². The lowest BCUT2D eigenvalue weighted by Crippen LogP contribution is -2.51. The highest BCUT2D eigenvalue weighted by molar-refractivity contribution is 5.94. The molecule has 28 heavy (non-hydrogen) atoms. The Morgan fingerprint density at radius 3 is 3.00 bits per heavy atom. The second-order valence-corrected chi connectivity index (χ2v) is 7.26. The summed E-state index contributed by atoms with van der Waals surface area (Å²) in [6.07, 6.45) is 4.24. The van der Waals surface area contributed by atoms with Crippen molar-refractivity contribution in [2.45, 2.75) is 37.9 Å². The average Bonchev–Trinajstić information content (AvgIpc) is 2.70. The highest BCUT2D eigenvalue weighted by atomic mass is 16.5. The number of piperidine rings is 1. The van der Waals surface area contributed by atoms with Gasteiger partial charge >= 0.3 is 0 Å². The number of β-amino-alcohol motifs (C(OH)–C–C–N with tert-alkyl or cyclic N) is 1. The van der Waals surface area contributed by atoms with Gasteiger partial charge in [-0.1, -0.05) is 6.07 Å².